The summed E-state index contributed by atoms with van der Waals surface area (Å²) in [5.41, 5.74) is 5.88. The second kappa shape index (κ2) is 4.78. The number of hydrogen-bond donors (Lipinski definition) is 1. The molecule has 2 N–H and O–H groups in total. The van der Waals surface area contributed by atoms with E-state index < -0.39 is 18.4 Å². The molecule has 2 heterocycles. The van der Waals surface area contributed by atoms with Crippen molar-refractivity contribution in [1.82, 2.24) is 9.97 Å². The number of hydrogen-bond acceptors (Lipinski definition) is 5. The summed E-state index contributed by atoms with van der Waals surface area (Å²) in [4.78, 5) is 22.3. The summed E-state index contributed by atoms with van der Waals surface area (Å²) < 4.78 is 28.3. The number of nitrogen functional groups attached to an aromatic ring is 1. The van der Waals surface area contributed by atoms with Crippen molar-refractivity contribution in [3.8, 4) is 0 Å². The van der Waals surface area contributed by atoms with Gasteiger partial charge in [0, 0.05) is 13.1 Å². The highest BCUT2D eigenvalue weighted by Gasteiger charge is 2.48. The molecule has 0 unspecified atom stereocenters. The third kappa shape index (κ3) is 2.28. The van der Waals surface area contributed by atoms with Crippen LogP contribution >= 0.6 is 0 Å². The van der Waals surface area contributed by atoms with Crippen molar-refractivity contribution in [2.45, 2.75) is 37.6 Å². The molecule has 1 aliphatic carbocycles. The number of nitrogens with two attached hydrogens (primary N) is 1. The molecule has 6 nitrogen and oxygen atoms in total. The average Bonchev–Trinajstić information content (AvgIpc) is 2.94. The van der Waals surface area contributed by atoms with Crippen LogP contribution in [0.2, 0.25) is 0 Å². The van der Waals surface area contributed by atoms with Gasteiger partial charge in [0.2, 0.25) is 5.95 Å². The molecular formula is C13H17F2N5O. The molecule has 0 atom stereocenters. The number of carbonyl (C=O) groups is 1. The third-order valence-corrected chi connectivity index (χ3v) is 4.15. The van der Waals surface area contributed by atoms with Gasteiger partial charge in [-0.2, -0.15) is 13.8 Å². The summed E-state index contributed by atoms with van der Waals surface area (Å²) in [6, 6.07) is -0.0387. The molecule has 21 heavy (non-hydrogen) atoms. The Morgan fingerprint density at radius 1 is 1.38 bits per heavy atom. The number of rotatable bonds is 1. The van der Waals surface area contributed by atoms with Crippen molar-refractivity contribution in [3.63, 3.8) is 0 Å². The summed E-state index contributed by atoms with van der Waals surface area (Å²) in [6.45, 7) is -0.662. The van der Waals surface area contributed by atoms with Crippen molar-refractivity contribution in [2.24, 2.45) is 0 Å². The Labute approximate surface area is 120 Å². The van der Waals surface area contributed by atoms with Crippen LogP contribution in [0, 0.1) is 0 Å². The zero-order valence-electron chi connectivity index (χ0n) is 11.7. The number of anilines is 3. The molecule has 1 amide bonds. The first kappa shape index (κ1) is 14.0. The molecule has 1 fully saturated rings. The molecule has 0 bridgehead atoms. The van der Waals surface area contributed by atoms with E-state index in [4.69, 9.17) is 5.73 Å². The van der Waals surface area contributed by atoms with E-state index in [1.807, 2.05) is 0 Å². The molecule has 1 aromatic heterocycles. The molecule has 3 rings (SSSR count). The fraction of sp³-hybridized carbons (Fsp3) is 0.615. The first-order valence-electron chi connectivity index (χ1n) is 6.95. The second-order valence-corrected chi connectivity index (χ2v) is 5.57. The SMILES string of the molecule is CN1C(=O)C(F)(F)CN(C2CCCC2)c2nc(N)ncc21. The monoisotopic (exact) mass is 297 g/mol. The van der Waals surface area contributed by atoms with Crippen LogP contribution in [0.5, 0.6) is 0 Å². The van der Waals surface area contributed by atoms with E-state index in [1.54, 1.807) is 0 Å². The Hall–Kier alpha value is -1.99. The van der Waals surface area contributed by atoms with Crippen LogP contribution in [0.1, 0.15) is 25.7 Å². The minimum Gasteiger partial charge on any atom is -0.368 e. The molecule has 1 aliphatic heterocycles. The first-order chi connectivity index (χ1) is 9.90. The highest BCUT2D eigenvalue weighted by molar-refractivity contribution is 6.01. The predicted molar refractivity (Wildman–Crippen MR) is 74.4 cm³/mol. The molecule has 1 aromatic rings. The zero-order valence-corrected chi connectivity index (χ0v) is 11.7. The Kier molecular flexibility index (Phi) is 3.18. The highest BCUT2D eigenvalue weighted by atomic mass is 19.3. The Bertz CT molecular complexity index is 574. The lowest BCUT2D eigenvalue weighted by atomic mass is 10.2. The van der Waals surface area contributed by atoms with E-state index in [2.05, 4.69) is 9.97 Å². The van der Waals surface area contributed by atoms with Crippen LogP contribution in [0.25, 0.3) is 0 Å². The van der Waals surface area contributed by atoms with Gasteiger partial charge in [0.1, 0.15) is 5.69 Å². The van der Waals surface area contributed by atoms with Crippen molar-refractivity contribution < 1.29 is 13.6 Å². The normalized spacial score (nSPS) is 22.3. The average molecular weight is 297 g/mol. The van der Waals surface area contributed by atoms with E-state index in [0.29, 0.717) is 5.82 Å². The van der Waals surface area contributed by atoms with E-state index in [9.17, 15) is 13.6 Å². The van der Waals surface area contributed by atoms with Gasteiger partial charge in [0.25, 0.3) is 5.91 Å². The van der Waals surface area contributed by atoms with Gasteiger partial charge in [0.05, 0.1) is 12.7 Å². The van der Waals surface area contributed by atoms with E-state index >= 15 is 0 Å². The van der Waals surface area contributed by atoms with Crippen molar-refractivity contribution >= 4 is 23.4 Å². The maximum Gasteiger partial charge on any atom is 0.342 e. The van der Waals surface area contributed by atoms with Gasteiger partial charge in [-0.15, -0.1) is 0 Å². The Morgan fingerprint density at radius 2 is 2.05 bits per heavy atom. The van der Waals surface area contributed by atoms with Crippen LogP contribution in [0.15, 0.2) is 6.20 Å². The standard InChI is InChI=1S/C13H17F2N5O/c1-19-9-6-17-12(16)18-10(9)20(8-4-2-3-5-8)7-13(14,15)11(19)21/h6,8H,2-5,7H2,1H3,(H2,16,17,18). The maximum atomic E-state index is 14.2. The first-order valence-corrected chi connectivity index (χ1v) is 6.95. The lowest BCUT2D eigenvalue weighted by Gasteiger charge is -2.30. The smallest absolute Gasteiger partial charge is 0.342 e. The fourth-order valence-electron chi connectivity index (χ4n) is 3.06. The molecule has 2 aliphatic rings. The van der Waals surface area contributed by atoms with Gasteiger partial charge in [-0.3, -0.25) is 4.79 Å². The molecule has 0 saturated heterocycles. The van der Waals surface area contributed by atoms with Crippen LogP contribution in [-0.4, -0.2) is 41.4 Å². The number of amides is 1. The molecular weight excluding hydrogens is 280 g/mol. The molecule has 0 radical (unpaired) electrons. The second-order valence-electron chi connectivity index (χ2n) is 5.57. The Balaban J connectivity index is 2.12. The summed E-state index contributed by atoms with van der Waals surface area (Å²) >= 11 is 0. The number of fused-ring (bicyclic) bond motifs is 1. The lowest BCUT2D eigenvalue weighted by molar-refractivity contribution is -0.140. The van der Waals surface area contributed by atoms with Crippen molar-refractivity contribution in [1.29, 1.82) is 0 Å². The molecule has 8 heteroatoms. The summed E-state index contributed by atoms with van der Waals surface area (Å²) in [6.07, 6.45) is 4.95. The van der Waals surface area contributed by atoms with Gasteiger partial charge in [-0.05, 0) is 12.8 Å². The number of nitrogens with zero attached hydrogens (tertiary/aromatic N) is 4. The van der Waals surface area contributed by atoms with Crippen LogP contribution < -0.4 is 15.5 Å². The van der Waals surface area contributed by atoms with Crippen LogP contribution in [0.3, 0.4) is 0 Å². The van der Waals surface area contributed by atoms with E-state index in [0.717, 1.165) is 30.6 Å². The molecule has 1 saturated carbocycles. The Morgan fingerprint density at radius 3 is 2.71 bits per heavy atom. The minimum absolute atomic E-state index is 0.0165. The van der Waals surface area contributed by atoms with Gasteiger partial charge in [-0.25, -0.2) is 4.98 Å². The van der Waals surface area contributed by atoms with Crippen molar-refractivity contribution in [3.05, 3.63) is 6.20 Å². The maximum absolute atomic E-state index is 14.2. The zero-order chi connectivity index (χ0) is 15.2. The van der Waals surface area contributed by atoms with Crippen LogP contribution in [0.4, 0.5) is 26.2 Å². The van der Waals surface area contributed by atoms with Gasteiger partial charge < -0.3 is 15.5 Å². The van der Waals surface area contributed by atoms with Crippen LogP contribution in [-0.2, 0) is 4.79 Å². The minimum atomic E-state index is -3.45. The van der Waals surface area contributed by atoms with Gasteiger partial charge in [-0.1, -0.05) is 12.8 Å². The predicted octanol–water partition coefficient (Wildman–Crippen LogP) is 1.42. The van der Waals surface area contributed by atoms with E-state index in [1.165, 1.54) is 18.1 Å². The van der Waals surface area contributed by atoms with Gasteiger partial charge >= 0.3 is 5.92 Å². The number of aromatic nitrogens is 2. The quantitative estimate of drug-likeness (QED) is 0.848. The number of alkyl halides is 2. The van der Waals surface area contributed by atoms with Gasteiger partial charge in [0.15, 0.2) is 5.82 Å². The largest absolute Gasteiger partial charge is 0.368 e. The topological polar surface area (TPSA) is 75.4 Å². The van der Waals surface area contributed by atoms with Crippen molar-refractivity contribution in [2.75, 3.05) is 29.1 Å². The molecule has 0 aromatic carbocycles. The lowest BCUT2D eigenvalue weighted by Crippen LogP contribution is -2.48. The van der Waals surface area contributed by atoms with E-state index in [-0.39, 0.29) is 17.7 Å². The summed E-state index contributed by atoms with van der Waals surface area (Å²) in [5.74, 6) is -4.35. The summed E-state index contributed by atoms with van der Waals surface area (Å²) in [7, 11) is 1.31. The summed E-state index contributed by atoms with van der Waals surface area (Å²) in [5, 5.41) is 0. The number of carbonyl (C=O) groups excluding carboxylic acids is 1. The molecule has 114 valence electrons. The third-order valence-electron chi connectivity index (χ3n) is 4.15. The number of halogens is 2. The highest BCUT2D eigenvalue weighted by Crippen LogP contribution is 2.39. The molecule has 0 spiro atoms. The fourth-order valence-corrected chi connectivity index (χ4v) is 3.06.